The molecule has 0 aliphatic heterocycles. The monoisotopic (exact) mass is 259 g/mol. The largest absolute Gasteiger partial charge is 0.487 e. The zero-order valence-corrected chi connectivity index (χ0v) is 11.2. The molecule has 1 aromatic carbocycles. The molecule has 1 aromatic heterocycles. The molecule has 0 fully saturated rings. The highest BCUT2D eigenvalue weighted by atomic mass is 16.5. The average molecular weight is 259 g/mol. The van der Waals surface area contributed by atoms with Gasteiger partial charge in [-0.3, -0.25) is 0 Å². The molecule has 0 spiro atoms. The van der Waals surface area contributed by atoms with Crippen LogP contribution in [0.25, 0.3) is 0 Å². The van der Waals surface area contributed by atoms with Gasteiger partial charge in [0, 0.05) is 12.5 Å². The number of ketones is 1. The third-order valence-corrected chi connectivity index (χ3v) is 2.75. The molecule has 0 saturated heterocycles. The summed E-state index contributed by atoms with van der Waals surface area (Å²) in [5, 5.41) is 3.86. The van der Waals surface area contributed by atoms with Gasteiger partial charge in [0.05, 0.1) is 0 Å². The number of Topliss-reactive ketones (excluding diaryl/α,β-unsaturated/α-hetero) is 1. The van der Waals surface area contributed by atoms with Crippen LogP contribution in [0.15, 0.2) is 34.9 Å². The maximum absolute atomic E-state index is 10.9. The van der Waals surface area contributed by atoms with E-state index in [0.29, 0.717) is 13.0 Å². The highest BCUT2D eigenvalue weighted by Gasteiger charge is 2.02. The average Bonchev–Trinajstić information content (AvgIpc) is 2.81. The van der Waals surface area contributed by atoms with Gasteiger partial charge in [-0.05, 0) is 38.0 Å². The van der Waals surface area contributed by atoms with Gasteiger partial charge in [-0.1, -0.05) is 17.3 Å². The van der Waals surface area contributed by atoms with Gasteiger partial charge in [-0.15, -0.1) is 0 Å². The molecule has 0 bridgehead atoms. The Hall–Kier alpha value is -2.10. The van der Waals surface area contributed by atoms with E-state index < -0.39 is 0 Å². The molecule has 0 aliphatic carbocycles. The summed E-state index contributed by atoms with van der Waals surface area (Å²) in [6, 6.07) is 9.62. The second-order valence-electron chi connectivity index (χ2n) is 4.56. The van der Waals surface area contributed by atoms with E-state index in [4.69, 9.17) is 9.26 Å². The number of carbonyl (C=O) groups excluding carboxylic acids is 1. The van der Waals surface area contributed by atoms with Gasteiger partial charge in [0.1, 0.15) is 29.6 Å². The summed E-state index contributed by atoms with van der Waals surface area (Å²) in [4.78, 5) is 10.9. The third kappa shape index (κ3) is 4.25. The molecule has 100 valence electrons. The first-order valence-corrected chi connectivity index (χ1v) is 6.27. The van der Waals surface area contributed by atoms with Crippen LogP contribution in [0.2, 0.25) is 0 Å². The second kappa shape index (κ2) is 6.18. The van der Waals surface area contributed by atoms with Gasteiger partial charge in [-0.25, -0.2) is 0 Å². The molecule has 0 unspecified atom stereocenters. The molecule has 0 saturated carbocycles. The van der Waals surface area contributed by atoms with Crippen molar-refractivity contribution in [3.05, 3.63) is 47.3 Å². The Balaban J connectivity index is 1.86. The lowest BCUT2D eigenvalue weighted by Crippen LogP contribution is -1.96. The second-order valence-corrected chi connectivity index (χ2v) is 4.56. The van der Waals surface area contributed by atoms with Crippen LogP contribution in [-0.4, -0.2) is 10.9 Å². The minimum absolute atomic E-state index is 0.210. The van der Waals surface area contributed by atoms with E-state index in [1.165, 1.54) is 0 Å². The van der Waals surface area contributed by atoms with Crippen molar-refractivity contribution in [3.8, 4) is 5.75 Å². The van der Waals surface area contributed by atoms with E-state index >= 15 is 0 Å². The number of rotatable bonds is 6. The van der Waals surface area contributed by atoms with Crippen molar-refractivity contribution in [2.45, 2.75) is 33.3 Å². The molecule has 19 heavy (non-hydrogen) atoms. The maximum Gasteiger partial charge on any atom is 0.134 e. The van der Waals surface area contributed by atoms with Crippen molar-refractivity contribution in [3.63, 3.8) is 0 Å². The van der Waals surface area contributed by atoms with Crippen LogP contribution < -0.4 is 4.74 Å². The van der Waals surface area contributed by atoms with Gasteiger partial charge < -0.3 is 14.1 Å². The summed E-state index contributed by atoms with van der Waals surface area (Å²) in [5.41, 5.74) is 1.91. The lowest BCUT2D eigenvalue weighted by molar-refractivity contribution is -0.116. The molecule has 0 radical (unpaired) electrons. The smallest absolute Gasteiger partial charge is 0.134 e. The van der Waals surface area contributed by atoms with Crippen LogP contribution in [0.3, 0.4) is 0 Å². The zero-order chi connectivity index (χ0) is 13.7. The van der Waals surface area contributed by atoms with Gasteiger partial charge in [0.2, 0.25) is 0 Å². The third-order valence-electron chi connectivity index (χ3n) is 2.75. The van der Waals surface area contributed by atoms with E-state index in [1.54, 1.807) is 6.92 Å². The topological polar surface area (TPSA) is 52.3 Å². The summed E-state index contributed by atoms with van der Waals surface area (Å²) in [6.45, 7) is 3.85. The summed E-state index contributed by atoms with van der Waals surface area (Å²) in [6.07, 6.45) is 1.36. The number of aryl methyl sites for hydroxylation is 2. The Bertz CT molecular complexity index is 543. The fraction of sp³-hybridized carbons (Fsp3) is 0.333. The van der Waals surface area contributed by atoms with Crippen molar-refractivity contribution >= 4 is 5.78 Å². The number of aromatic nitrogens is 1. The number of nitrogens with zero attached hydrogens (tertiary/aromatic N) is 1. The first-order valence-electron chi connectivity index (χ1n) is 6.27. The molecule has 1 heterocycles. The molecular weight excluding hydrogens is 242 g/mol. The summed E-state index contributed by atoms with van der Waals surface area (Å²) >= 11 is 0. The summed E-state index contributed by atoms with van der Waals surface area (Å²) in [5.74, 6) is 1.77. The molecule has 0 aliphatic rings. The van der Waals surface area contributed by atoms with E-state index in [-0.39, 0.29) is 5.78 Å². The first kappa shape index (κ1) is 13.3. The number of ether oxygens (including phenoxy) is 1. The van der Waals surface area contributed by atoms with Crippen LogP contribution in [0.4, 0.5) is 0 Å². The highest BCUT2D eigenvalue weighted by molar-refractivity contribution is 5.75. The fourth-order valence-electron chi connectivity index (χ4n) is 1.72. The van der Waals surface area contributed by atoms with E-state index in [0.717, 1.165) is 29.2 Å². The lowest BCUT2D eigenvalue weighted by atomic mass is 10.1. The van der Waals surface area contributed by atoms with Gasteiger partial charge in [-0.2, -0.15) is 0 Å². The van der Waals surface area contributed by atoms with Crippen LogP contribution in [0.1, 0.15) is 30.4 Å². The van der Waals surface area contributed by atoms with Crippen molar-refractivity contribution in [1.82, 2.24) is 5.16 Å². The molecule has 2 rings (SSSR count). The molecule has 0 atom stereocenters. The van der Waals surface area contributed by atoms with Gasteiger partial charge >= 0.3 is 0 Å². The molecule has 2 aromatic rings. The van der Waals surface area contributed by atoms with Crippen molar-refractivity contribution < 1.29 is 14.1 Å². The molecule has 4 heteroatoms. The number of hydrogen-bond acceptors (Lipinski definition) is 4. The van der Waals surface area contributed by atoms with Crippen LogP contribution >= 0.6 is 0 Å². The van der Waals surface area contributed by atoms with Crippen molar-refractivity contribution in [1.29, 1.82) is 0 Å². The minimum atomic E-state index is 0.210. The first-order chi connectivity index (χ1) is 9.13. The van der Waals surface area contributed by atoms with Gasteiger partial charge in [0.15, 0.2) is 0 Å². The van der Waals surface area contributed by atoms with Gasteiger partial charge in [0.25, 0.3) is 0 Å². The van der Waals surface area contributed by atoms with E-state index in [9.17, 15) is 4.79 Å². The van der Waals surface area contributed by atoms with Crippen LogP contribution in [-0.2, 0) is 17.8 Å². The van der Waals surface area contributed by atoms with E-state index in [2.05, 4.69) is 5.16 Å². The van der Waals surface area contributed by atoms with Crippen LogP contribution in [0.5, 0.6) is 5.75 Å². The number of benzene rings is 1. The van der Waals surface area contributed by atoms with Crippen LogP contribution in [0, 0.1) is 6.92 Å². The highest BCUT2D eigenvalue weighted by Crippen LogP contribution is 2.15. The number of hydrogen-bond donors (Lipinski definition) is 0. The summed E-state index contributed by atoms with van der Waals surface area (Å²) in [7, 11) is 0. The Kier molecular flexibility index (Phi) is 4.34. The lowest BCUT2D eigenvalue weighted by Gasteiger charge is -2.05. The molecule has 4 nitrogen and oxygen atoms in total. The Morgan fingerprint density at radius 3 is 2.63 bits per heavy atom. The molecule has 0 N–H and O–H groups in total. The van der Waals surface area contributed by atoms with Crippen molar-refractivity contribution in [2.75, 3.05) is 0 Å². The summed E-state index contributed by atoms with van der Waals surface area (Å²) < 4.78 is 10.6. The zero-order valence-electron chi connectivity index (χ0n) is 11.2. The Labute approximate surface area is 112 Å². The fourth-order valence-corrected chi connectivity index (χ4v) is 1.72. The maximum atomic E-state index is 10.9. The minimum Gasteiger partial charge on any atom is -0.487 e. The Morgan fingerprint density at radius 1 is 1.32 bits per heavy atom. The van der Waals surface area contributed by atoms with E-state index in [1.807, 2.05) is 37.3 Å². The van der Waals surface area contributed by atoms with Crippen molar-refractivity contribution in [2.24, 2.45) is 0 Å². The quantitative estimate of drug-likeness (QED) is 0.800. The molecular formula is C15H17NO3. The Morgan fingerprint density at radius 2 is 2.05 bits per heavy atom. The normalized spacial score (nSPS) is 10.4. The standard InChI is InChI=1S/C15H17NO3/c1-11(17)3-4-13-5-7-15(8-6-13)18-10-14-9-12(2)19-16-14/h5-9H,3-4,10H2,1-2H3. The predicted octanol–water partition coefficient (Wildman–Crippen LogP) is 3.08. The predicted molar refractivity (Wildman–Crippen MR) is 71.0 cm³/mol. The molecule has 0 amide bonds. The number of carbonyl (C=O) groups is 1. The SMILES string of the molecule is CC(=O)CCc1ccc(OCc2cc(C)on2)cc1.